The molecule has 0 aliphatic carbocycles. The highest BCUT2D eigenvalue weighted by molar-refractivity contribution is 5.33. The minimum atomic E-state index is -0.334. The van der Waals surface area contributed by atoms with Crippen molar-refractivity contribution in [1.29, 1.82) is 0 Å². The molecule has 2 heterocycles. The zero-order valence-electron chi connectivity index (χ0n) is 15.4. The summed E-state index contributed by atoms with van der Waals surface area (Å²) < 4.78 is 11.5. The summed E-state index contributed by atoms with van der Waals surface area (Å²) in [4.78, 5) is 10.6. The highest BCUT2D eigenvalue weighted by atomic mass is 16.5. The zero-order chi connectivity index (χ0) is 18.4. The molecule has 26 heavy (non-hydrogen) atoms. The van der Waals surface area contributed by atoms with E-state index < -0.39 is 0 Å². The van der Waals surface area contributed by atoms with E-state index in [0.717, 1.165) is 36.7 Å². The fraction of sp³-hybridized carbons (Fsp3) is 0.500. The van der Waals surface area contributed by atoms with E-state index in [1.54, 1.807) is 18.6 Å². The molecule has 3 rings (SSSR count). The van der Waals surface area contributed by atoms with Crippen LogP contribution in [0.25, 0.3) is 0 Å². The molecular weight excluding hydrogens is 330 g/mol. The number of hydrogen-bond acceptors (Lipinski definition) is 6. The van der Waals surface area contributed by atoms with Gasteiger partial charge in [-0.25, -0.2) is 0 Å². The maximum Gasteiger partial charge on any atom is 0.123 e. The lowest BCUT2D eigenvalue weighted by atomic mass is 10.0. The molecule has 6 heteroatoms. The van der Waals surface area contributed by atoms with Crippen LogP contribution in [-0.4, -0.2) is 58.4 Å². The summed E-state index contributed by atoms with van der Waals surface area (Å²) in [5.74, 6) is 1.81. The SMILES string of the molecule is CC(C)Oc1cccc(OCCN2C[C@@H](Cc3cnccn3)[C@H](O)C2)c1. The summed E-state index contributed by atoms with van der Waals surface area (Å²) in [5.41, 5.74) is 0.927. The lowest BCUT2D eigenvalue weighted by molar-refractivity contribution is 0.139. The number of aliphatic hydroxyl groups is 1. The molecular formula is C20H27N3O3. The van der Waals surface area contributed by atoms with Gasteiger partial charge in [0, 0.05) is 50.2 Å². The number of likely N-dealkylation sites (tertiary alicyclic amines) is 1. The average Bonchev–Trinajstić information content (AvgIpc) is 2.95. The van der Waals surface area contributed by atoms with Crippen molar-refractivity contribution in [3.8, 4) is 11.5 Å². The molecule has 0 amide bonds. The Balaban J connectivity index is 1.44. The molecule has 2 aromatic rings. The summed E-state index contributed by atoms with van der Waals surface area (Å²) in [6.07, 6.45) is 5.69. The summed E-state index contributed by atoms with van der Waals surface area (Å²) in [6, 6.07) is 7.71. The van der Waals surface area contributed by atoms with E-state index in [1.165, 1.54) is 0 Å². The van der Waals surface area contributed by atoms with E-state index >= 15 is 0 Å². The van der Waals surface area contributed by atoms with E-state index in [-0.39, 0.29) is 18.1 Å². The lowest BCUT2D eigenvalue weighted by Gasteiger charge is -2.16. The smallest absolute Gasteiger partial charge is 0.123 e. The minimum absolute atomic E-state index is 0.141. The van der Waals surface area contributed by atoms with Crippen LogP contribution in [0.4, 0.5) is 0 Å². The maximum absolute atomic E-state index is 10.3. The lowest BCUT2D eigenvalue weighted by Crippen LogP contribution is -2.27. The molecule has 6 nitrogen and oxygen atoms in total. The van der Waals surface area contributed by atoms with Gasteiger partial charge in [-0.15, -0.1) is 0 Å². The fourth-order valence-electron chi connectivity index (χ4n) is 3.23. The third kappa shape index (κ3) is 5.41. The van der Waals surface area contributed by atoms with Crippen molar-refractivity contribution in [2.24, 2.45) is 5.92 Å². The third-order valence-corrected chi connectivity index (χ3v) is 4.42. The highest BCUT2D eigenvalue weighted by Gasteiger charge is 2.31. The first-order chi connectivity index (χ1) is 12.6. The summed E-state index contributed by atoms with van der Waals surface area (Å²) in [7, 11) is 0. The topological polar surface area (TPSA) is 67.7 Å². The van der Waals surface area contributed by atoms with Crippen molar-refractivity contribution < 1.29 is 14.6 Å². The molecule has 1 N–H and O–H groups in total. The highest BCUT2D eigenvalue weighted by Crippen LogP contribution is 2.22. The van der Waals surface area contributed by atoms with Gasteiger partial charge in [0.05, 0.1) is 17.9 Å². The van der Waals surface area contributed by atoms with Gasteiger partial charge in [-0.2, -0.15) is 0 Å². The first kappa shape index (κ1) is 18.6. The minimum Gasteiger partial charge on any atom is -0.492 e. The number of ether oxygens (including phenoxy) is 2. The standard InChI is InChI=1S/C20H27N3O3/c1-15(2)26-19-5-3-4-18(11-19)25-9-8-23-13-16(20(24)14-23)10-17-12-21-6-7-22-17/h3-7,11-12,15-16,20,24H,8-10,13-14H2,1-2H3/t16-,20-/m1/s1. The number of benzene rings is 1. The first-order valence-electron chi connectivity index (χ1n) is 9.15. The van der Waals surface area contributed by atoms with Crippen LogP contribution in [0.3, 0.4) is 0 Å². The van der Waals surface area contributed by atoms with Gasteiger partial charge >= 0.3 is 0 Å². The second-order valence-corrected chi connectivity index (χ2v) is 6.98. The Hall–Kier alpha value is -2.18. The molecule has 2 atom stereocenters. The van der Waals surface area contributed by atoms with Gasteiger partial charge in [0.15, 0.2) is 0 Å². The zero-order valence-corrected chi connectivity index (χ0v) is 15.4. The number of aromatic nitrogens is 2. The molecule has 1 saturated heterocycles. The number of hydrogen-bond donors (Lipinski definition) is 1. The van der Waals surface area contributed by atoms with Crippen LogP contribution in [0.15, 0.2) is 42.9 Å². The van der Waals surface area contributed by atoms with Crippen LogP contribution in [-0.2, 0) is 6.42 Å². The van der Waals surface area contributed by atoms with Gasteiger partial charge in [0.2, 0.25) is 0 Å². The number of rotatable bonds is 8. The van der Waals surface area contributed by atoms with Gasteiger partial charge < -0.3 is 14.6 Å². The molecule has 140 valence electrons. The Labute approximate surface area is 154 Å². The van der Waals surface area contributed by atoms with Crippen LogP contribution < -0.4 is 9.47 Å². The van der Waals surface area contributed by atoms with Gasteiger partial charge in [-0.1, -0.05) is 6.07 Å². The molecule has 1 aliphatic rings. The Morgan fingerprint density at radius 1 is 1.23 bits per heavy atom. The number of β-amino-alcohol motifs (C(OH)–C–C–N with tert-alkyl or cyclic N) is 1. The van der Waals surface area contributed by atoms with Gasteiger partial charge in [-0.05, 0) is 32.4 Å². The summed E-state index contributed by atoms with van der Waals surface area (Å²) in [6.45, 7) is 6.88. The van der Waals surface area contributed by atoms with Crippen LogP contribution >= 0.6 is 0 Å². The number of nitrogens with zero attached hydrogens (tertiary/aromatic N) is 3. The predicted octanol–water partition coefficient (Wildman–Crippen LogP) is 2.18. The van der Waals surface area contributed by atoms with E-state index in [1.807, 2.05) is 38.1 Å². The van der Waals surface area contributed by atoms with E-state index in [9.17, 15) is 5.11 Å². The van der Waals surface area contributed by atoms with Crippen molar-refractivity contribution in [3.63, 3.8) is 0 Å². The fourth-order valence-corrected chi connectivity index (χ4v) is 3.23. The average molecular weight is 357 g/mol. The van der Waals surface area contributed by atoms with Gasteiger partial charge in [0.1, 0.15) is 18.1 Å². The molecule has 1 aliphatic heterocycles. The largest absolute Gasteiger partial charge is 0.492 e. The molecule has 0 saturated carbocycles. The molecule has 1 fully saturated rings. The van der Waals surface area contributed by atoms with Crippen molar-refractivity contribution in [1.82, 2.24) is 14.9 Å². The monoisotopic (exact) mass is 357 g/mol. The van der Waals surface area contributed by atoms with Crippen molar-refractivity contribution in [3.05, 3.63) is 48.5 Å². The predicted molar refractivity (Wildman–Crippen MR) is 99.4 cm³/mol. The normalized spacial score (nSPS) is 20.5. The van der Waals surface area contributed by atoms with Crippen LogP contribution in [0.5, 0.6) is 11.5 Å². The quantitative estimate of drug-likeness (QED) is 0.781. The molecule has 1 aromatic carbocycles. The second kappa shape index (κ2) is 8.96. The van der Waals surface area contributed by atoms with E-state index in [4.69, 9.17) is 9.47 Å². The van der Waals surface area contributed by atoms with Gasteiger partial charge in [-0.3, -0.25) is 14.9 Å². The van der Waals surface area contributed by atoms with Crippen molar-refractivity contribution in [2.45, 2.75) is 32.5 Å². The Morgan fingerprint density at radius 3 is 2.85 bits per heavy atom. The molecule has 0 unspecified atom stereocenters. The Bertz CT molecular complexity index is 681. The van der Waals surface area contributed by atoms with E-state index in [2.05, 4.69) is 14.9 Å². The molecule has 0 radical (unpaired) electrons. The maximum atomic E-state index is 10.3. The van der Waals surface area contributed by atoms with Crippen LogP contribution in [0.2, 0.25) is 0 Å². The van der Waals surface area contributed by atoms with Crippen molar-refractivity contribution in [2.75, 3.05) is 26.2 Å². The molecule has 0 spiro atoms. The molecule has 1 aromatic heterocycles. The van der Waals surface area contributed by atoms with Crippen LogP contribution in [0.1, 0.15) is 19.5 Å². The Morgan fingerprint density at radius 2 is 2.08 bits per heavy atom. The summed E-state index contributed by atoms with van der Waals surface area (Å²) >= 11 is 0. The third-order valence-electron chi connectivity index (χ3n) is 4.42. The number of aliphatic hydroxyl groups excluding tert-OH is 1. The van der Waals surface area contributed by atoms with Crippen LogP contribution in [0, 0.1) is 5.92 Å². The Kier molecular flexibility index (Phi) is 6.41. The summed E-state index contributed by atoms with van der Waals surface area (Å²) in [5, 5.41) is 10.3. The van der Waals surface area contributed by atoms with Crippen molar-refractivity contribution >= 4 is 0 Å². The second-order valence-electron chi connectivity index (χ2n) is 6.98. The van der Waals surface area contributed by atoms with E-state index in [0.29, 0.717) is 13.2 Å². The van der Waals surface area contributed by atoms with Gasteiger partial charge in [0.25, 0.3) is 0 Å². The molecule has 0 bridgehead atoms. The first-order valence-corrected chi connectivity index (χ1v) is 9.15.